The van der Waals surface area contributed by atoms with E-state index in [4.69, 9.17) is 11.6 Å². The van der Waals surface area contributed by atoms with Crippen molar-refractivity contribution in [3.8, 4) is 0 Å². The third-order valence-corrected chi connectivity index (χ3v) is 2.48. The van der Waals surface area contributed by atoms with Crippen molar-refractivity contribution in [3.05, 3.63) is 28.5 Å². The van der Waals surface area contributed by atoms with E-state index in [-0.39, 0.29) is 28.0 Å². The fraction of sp³-hybridized carbons (Fsp3) is 0.200. The van der Waals surface area contributed by atoms with Gasteiger partial charge in [-0.15, -0.1) is 0 Å². The highest BCUT2D eigenvalue weighted by molar-refractivity contribution is 6.35. The van der Waals surface area contributed by atoms with Crippen LogP contribution >= 0.6 is 11.6 Å². The fourth-order valence-electron chi connectivity index (χ4n) is 1.38. The zero-order chi connectivity index (χ0) is 10.3. The summed E-state index contributed by atoms with van der Waals surface area (Å²) in [5.74, 6) is -1.03. The summed E-state index contributed by atoms with van der Waals surface area (Å²) in [5.41, 5.74) is 0.252. The summed E-state index contributed by atoms with van der Waals surface area (Å²) in [4.78, 5) is 15.5. The summed E-state index contributed by atoms with van der Waals surface area (Å²) in [6, 6.07) is 2.59. The summed E-state index contributed by atoms with van der Waals surface area (Å²) in [6.07, 6.45) is 1.43. The number of hydrogen-bond acceptors (Lipinski definition) is 2. The predicted octanol–water partition coefficient (Wildman–Crippen LogP) is 3.01. The number of ketones is 1. The molecule has 2 nitrogen and oxygen atoms in total. The molecule has 0 N–H and O–H groups in total. The first-order chi connectivity index (χ1) is 6.61. The van der Waals surface area contributed by atoms with E-state index in [2.05, 4.69) is 4.99 Å². The van der Waals surface area contributed by atoms with Crippen molar-refractivity contribution in [2.24, 2.45) is 10.9 Å². The smallest absolute Gasteiger partial charge is 0.174 e. The summed E-state index contributed by atoms with van der Waals surface area (Å²) < 4.78 is 13.2. The number of hydrogen-bond donors (Lipinski definition) is 0. The zero-order valence-electron chi connectivity index (χ0n) is 7.42. The third-order valence-electron chi connectivity index (χ3n) is 2.17. The number of rotatable bonds is 0. The Labute approximate surface area is 85.4 Å². The quantitative estimate of drug-likeness (QED) is 0.649. The average Bonchev–Trinajstić information content (AvgIpc) is 2.16. The first kappa shape index (κ1) is 9.34. The van der Waals surface area contributed by atoms with Crippen LogP contribution in [0.15, 0.2) is 17.1 Å². The van der Waals surface area contributed by atoms with Crippen molar-refractivity contribution in [2.75, 3.05) is 0 Å². The highest BCUT2D eigenvalue weighted by Gasteiger charge is 2.25. The van der Waals surface area contributed by atoms with Gasteiger partial charge in [0.05, 0.1) is 16.5 Å². The minimum absolute atomic E-state index is 0.0561. The molecule has 1 aliphatic rings. The molecule has 0 radical (unpaired) electrons. The van der Waals surface area contributed by atoms with Crippen molar-refractivity contribution in [2.45, 2.75) is 6.92 Å². The van der Waals surface area contributed by atoms with Crippen LogP contribution in [-0.4, -0.2) is 12.0 Å². The Balaban J connectivity index is 2.73. The lowest BCUT2D eigenvalue weighted by Crippen LogP contribution is -2.17. The topological polar surface area (TPSA) is 29.4 Å². The van der Waals surface area contributed by atoms with Gasteiger partial charge in [-0.1, -0.05) is 18.5 Å². The van der Waals surface area contributed by atoms with Crippen LogP contribution in [0.3, 0.4) is 0 Å². The Morgan fingerprint density at radius 3 is 2.93 bits per heavy atom. The van der Waals surface area contributed by atoms with E-state index in [9.17, 15) is 9.18 Å². The lowest BCUT2D eigenvalue weighted by Gasteiger charge is -2.15. The molecule has 0 amide bonds. The highest BCUT2D eigenvalue weighted by atomic mass is 35.5. The van der Waals surface area contributed by atoms with Gasteiger partial charge in [0, 0.05) is 6.21 Å². The number of fused-ring (bicyclic) bond motifs is 1. The number of carbonyl (C=O) groups excluding carboxylic acids is 1. The molecule has 1 aromatic carbocycles. The maximum atomic E-state index is 13.2. The lowest BCUT2D eigenvalue weighted by atomic mass is 9.96. The van der Waals surface area contributed by atoms with Crippen LogP contribution in [0.2, 0.25) is 5.02 Å². The third kappa shape index (κ3) is 1.24. The Kier molecular flexibility index (Phi) is 2.11. The number of halogens is 2. The second-order valence-electron chi connectivity index (χ2n) is 3.18. The van der Waals surface area contributed by atoms with Crippen LogP contribution in [0.25, 0.3) is 0 Å². The minimum atomic E-state index is -0.513. The summed E-state index contributed by atoms with van der Waals surface area (Å²) in [7, 11) is 0. The molecule has 1 aliphatic heterocycles. The SMILES string of the molecule is CC1C=Nc2c(F)ccc(Cl)c2C1=O. The van der Waals surface area contributed by atoms with Gasteiger partial charge in [-0.2, -0.15) is 0 Å². The molecule has 1 unspecified atom stereocenters. The maximum Gasteiger partial charge on any atom is 0.174 e. The van der Waals surface area contributed by atoms with Crippen molar-refractivity contribution in [3.63, 3.8) is 0 Å². The zero-order valence-corrected chi connectivity index (χ0v) is 8.18. The highest BCUT2D eigenvalue weighted by Crippen LogP contribution is 2.34. The molecule has 0 spiro atoms. The molecule has 2 rings (SSSR count). The maximum absolute atomic E-state index is 13.2. The van der Waals surface area contributed by atoms with Crippen LogP contribution in [0.4, 0.5) is 10.1 Å². The molecule has 0 saturated carbocycles. The number of carbonyl (C=O) groups is 1. The number of benzene rings is 1. The van der Waals surface area contributed by atoms with Gasteiger partial charge in [0.15, 0.2) is 5.78 Å². The molecule has 0 aromatic heterocycles. The van der Waals surface area contributed by atoms with Crippen LogP contribution in [0, 0.1) is 11.7 Å². The molecule has 4 heteroatoms. The average molecular weight is 212 g/mol. The van der Waals surface area contributed by atoms with Crippen LogP contribution in [0.5, 0.6) is 0 Å². The van der Waals surface area contributed by atoms with Gasteiger partial charge in [0.25, 0.3) is 0 Å². The summed E-state index contributed by atoms with van der Waals surface area (Å²) >= 11 is 5.81. The van der Waals surface area contributed by atoms with Gasteiger partial charge < -0.3 is 0 Å². The van der Waals surface area contributed by atoms with E-state index in [0.717, 1.165) is 0 Å². The molecular weight excluding hydrogens is 205 g/mol. The fourth-order valence-corrected chi connectivity index (χ4v) is 1.63. The predicted molar refractivity (Wildman–Crippen MR) is 53.1 cm³/mol. The van der Waals surface area contributed by atoms with E-state index in [1.54, 1.807) is 6.92 Å². The Morgan fingerprint density at radius 1 is 1.50 bits per heavy atom. The molecule has 1 atom stereocenters. The van der Waals surface area contributed by atoms with E-state index >= 15 is 0 Å². The van der Waals surface area contributed by atoms with E-state index in [0.29, 0.717) is 0 Å². The van der Waals surface area contributed by atoms with E-state index in [1.165, 1.54) is 18.3 Å². The molecule has 0 bridgehead atoms. The van der Waals surface area contributed by atoms with Crippen molar-refractivity contribution in [1.29, 1.82) is 0 Å². The van der Waals surface area contributed by atoms with E-state index in [1.807, 2.05) is 0 Å². The molecule has 14 heavy (non-hydrogen) atoms. The molecule has 72 valence electrons. The Bertz CT molecular complexity index is 442. The number of nitrogens with zero attached hydrogens (tertiary/aromatic N) is 1. The molecule has 0 fully saturated rings. The normalized spacial score (nSPS) is 19.6. The van der Waals surface area contributed by atoms with Gasteiger partial charge in [-0.25, -0.2) is 4.39 Å². The van der Waals surface area contributed by atoms with Gasteiger partial charge in [-0.05, 0) is 12.1 Å². The molecular formula is C10H7ClFNO. The monoisotopic (exact) mass is 211 g/mol. The number of Topliss-reactive ketones (excluding diaryl/α,β-unsaturated/α-hetero) is 1. The van der Waals surface area contributed by atoms with Crippen LogP contribution in [-0.2, 0) is 0 Å². The van der Waals surface area contributed by atoms with Gasteiger partial charge in [0.1, 0.15) is 11.5 Å². The van der Waals surface area contributed by atoms with Crippen LogP contribution in [0.1, 0.15) is 17.3 Å². The molecule has 1 aromatic rings. The molecule has 0 saturated heterocycles. The van der Waals surface area contributed by atoms with Gasteiger partial charge >= 0.3 is 0 Å². The van der Waals surface area contributed by atoms with Crippen molar-refractivity contribution >= 4 is 29.3 Å². The summed E-state index contributed by atoms with van der Waals surface area (Å²) in [6.45, 7) is 1.70. The van der Waals surface area contributed by atoms with Gasteiger partial charge in [-0.3, -0.25) is 9.79 Å². The number of aliphatic imine (C=N–C) groups is 1. The Hall–Kier alpha value is -1.22. The first-order valence-corrected chi connectivity index (χ1v) is 4.55. The first-order valence-electron chi connectivity index (χ1n) is 4.17. The van der Waals surface area contributed by atoms with Gasteiger partial charge in [0.2, 0.25) is 0 Å². The van der Waals surface area contributed by atoms with Crippen LogP contribution < -0.4 is 0 Å². The lowest BCUT2D eigenvalue weighted by molar-refractivity contribution is 0.0962. The second kappa shape index (κ2) is 3.17. The molecule has 1 heterocycles. The Morgan fingerprint density at radius 2 is 2.21 bits per heavy atom. The standard InChI is InChI=1S/C10H7ClFNO/c1-5-4-13-9-7(12)3-2-6(11)8(9)10(5)14/h2-5H,1H3. The van der Waals surface area contributed by atoms with Crippen molar-refractivity contribution in [1.82, 2.24) is 0 Å². The largest absolute Gasteiger partial charge is 0.293 e. The van der Waals surface area contributed by atoms with Crippen molar-refractivity contribution < 1.29 is 9.18 Å². The second-order valence-corrected chi connectivity index (χ2v) is 3.59. The van der Waals surface area contributed by atoms with E-state index < -0.39 is 5.82 Å². The molecule has 0 aliphatic carbocycles. The minimum Gasteiger partial charge on any atom is -0.293 e. The summed E-state index contributed by atoms with van der Waals surface area (Å²) in [5, 5.41) is 0.259.